The molecule has 0 saturated heterocycles. The summed E-state index contributed by atoms with van der Waals surface area (Å²) in [5.74, 6) is -1.35. The van der Waals surface area contributed by atoms with E-state index in [1.54, 1.807) is 24.3 Å². The molecule has 1 fully saturated rings. The van der Waals surface area contributed by atoms with Gasteiger partial charge in [0.25, 0.3) is 5.91 Å². The minimum Gasteiger partial charge on any atom is -0.446 e. The second-order valence-electron chi connectivity index (χ2n) is 7.83. The van der Waals surface area contributed by atoms with E-state index in [1.165, 1.54) is 6.92 Å². The first kappa shape index (κ1) is 20.7. The van der Waals surface area contributed by atoms with Crippen molar-refractivity contribution in [1.82, 2.24) is 15.6 Å². The van der Waals surface area contributed by atoms with E-state index in [1.807, 2.05) is 36.5 Å². The topological polar surface area (TPSA) is 100 Å². The highest BCUT2D eigenvalue weighted by molar-refractivity contribution is 5.89. The number of H-pyrrole nitrogens is 1. The van der Waals surface area contributed by atoms with Gasteiger partial charge in [-0.2, -0.15) is 0 Å². The van der Waals surface area contributed by atoms with E-state index in [-0.39, 0.29) is 24.3 Å². The lowest BCUT2D eigenvalue weighted by atomic mass is 10.0. The lowest BCUT2D eigenvalue weighted by Crippen LogP contribution is -2.44. The number of para-hydroxylation sites is 1. The first-order valence-corrected chi connectivity index (χ1v) is 10.4. The van der Waals surface area contributed by atoms with Crippen LogP contribution in [0.5, 0.6) is 0 Å². The van der Waals surface area contributed by atoms with Crippen LogP contribution in [0.4, 0.5) is 0 Å². The second kappa shape index (κ2) is 9.04. The molecule has 1 aromatic heterocycles. The number of carbonyl (C=O) groups excluding carboxylic acids is 3. The summed E-state index contributed by atoms with van der Waals surface area (Å²) >= 11 is 0. The molecule has 31 heavy (non-hydrogen) atoms. The normalized spacial score (nSPS) is 15.1. The average molecular weight is 419 g/mol. The van der Waals surface area contributed by atoms with Gasteiger partial charge >= 0.3 is 5.97 Å². The molecule has 0 aliphatic heterocycles. The SMILES string of the molecule is CC(=O)N[C@@H](Cc1c[nH]c2ccccc12)C(=O)O[C@H](C(=O)NC1CC1)c1ccccc1. The number of nitrogens with one attached hydrogen (secondary N) is 3. The third-order valence-electron chi connectivity index (χ3n) is 5.26. The van der Waals surface area contributed by atoms with Gasteiger partial charge in [-0.1, -0.05) is 48.5 Å². The summed E-state index contributed by atoms with van der Waals surface area (Å²) < 4.78 is 5.67. The predicted octanol–water partition coefficient (Wildman–Crippen LogP) is 2.78. The molecule has 0 spiro atoms. The zero-order chi connectivity index (χ0) is 21.8. The van der Waals surface area contributed by atoms with Crippen molar-refractivity contribution in [2.24, 2.45) is 0 Å². The standard InChI is InChI=1S/C24H25N3O4/c1-15(28)26-21(13-17-14-25-20-10-6-5-9-19(17)20)24(30)31-22(16-7-3-2-4-8-16)23(29)27-18-11-12-18/h2-10,14,18,21-22,25H,11-13H2,1H3,(H,26,28)(H,27,29)/t21-,22-/m0/s1. The molecule has 2 atom stereocenters. The van der Waals surface area contributed by atoms with Crippen molar-refractivity contribution in [3.05, 3.63) is 71.9 Å². The molecule has 0 bridgehead atoms. The predicted molar refractivity (Wildman–Crippen MR) is 116 cm³/mol. The van der Waals surface area contributed by atoms with E-state index in [0.29, 0.717) is 5.56 Å². The highest BCUT2D eigenvalue weighted by Crippen LogP contribution is 2.24. The van der Waals surface area contributed by atoms with Gasteiger partial charge in [-0.25, -0.2) is 4.79 Å². The second-order valence-corrected chi connectivity index (χ2v) is 7.83. The van der Waals surface area contributed by atoms with E-state index in [2.05, 4.69) is 15.6 Å². The Hall–Kier alpha value is -3.61. The number of hydrogen-bond acceptors (Lipinski definition) is 4. The molecule has 1 heterocycles. The van der Waals surface area contributed by atoms with Crippen molar-refractivity contribution in [3.63, 3.8) is 0 Å². The molecule has 1 aliphatic carbocycles. The Bertz CT molecular complexity index is 1090. The van der Waals surface area contributed by atoms with Gasteiger partial charge in [0.1, 0.15) is 6.04 Å². The zero-order valence-corrected chi connectivity index (χ0v) is 17.3. The molecule has 1 aliphatic rings. The fraction of sp³-hybridized carbons (Fsp3) is 0.292. The molecule has 0 radical (unpaired) electrons. The van der Waals surface area contributed by atoms with E-state index in [9.17, 15) is 14.4 Å². The van der Waals surface area contributed by atoms with Crippen molar-refractivity contribution in [3.8, 4) is 0 Å². The van der Waals surface area contributed by atoms with E-state index in [4.69, 9.17) is 4.74 Å². The number of fused-ring (bicyclic) bond motifs is 1. The molecule has 0 unspecified atom stereocenters. The average Bonchev–Trinajstić information content (AvgIpc) is 3.49. The minimum absolute atomic E-state index is 0.134. The smallest absolute Gasteiger partial charge is 0.330 e. The lowest BCUT2D eigenvalue weighted by Gasteiger charge is -2.22. The largest absolute Gasteiger partial charge is 0.446 e. The Morgan fingerprint density at radius 2 is 1.77 bits per heavy atom. The maximum Gasteiger partial charge on any atom is 0.330 e. The number of ether oxygens (including phenoxy) is 1. The molecular weight excluding hydrogens is 394 g/mol. The summed E-state index contributed by atoms with van der Waals surface area (Å²) in [6, 6.07) is 15.9. The maximum atomic E-state index is 13.1. The number of carbonyl (C=O) groups is 3. The van der Waals surface area contributed by atoms with Gasteiger partial charge in [0.15, 0.2) is 0 Å². The van der Waals surface area contributed by atoms with E-state index >= 15 is 0 Å². The molecule has 1 saturated carbocycles. The molecule has 160 valence electrons. The Morgan fingerprint density at radius 3 is 2.48 bits per heavy atom. The van der Waals surface area contributed by atoms with E-state index in [0.717, 1.165) is 29.3 Å². The van der Waals surface area contributed by atoms with Gasteiger partial charge in [-0.05, 0) is 24.5 Å². The molecule has 2 aromatic carbocycles. The summed E-state index contributed by atoms with van der Waals surface area (Å²) in [4.78, 5) is 40.8. The third kappa shape index (κ3) is 5.12. The van der Waals surface area contributed by atoms with Crippen molar-refractivity contribution >= 4 is 28.7 Å². The van der Waals surface area contributed by atoms with Gasteiger partial charge in [0.2, 0.25) is 12.0 Å². The summed E-state index contributed by atoms with van der Waals surface area (Å²) in [6.07, 6.45) is 2.84. The van der Waals surface area contributed by atoms with Crippen molar-refractivity contribution < 1.29 is 19.1 Å². The molecule has 3 aromatic rings. The van der Waals surface area contributed by atoms with Crippen LogP contribution >= 0.6 is 0 Å². The van der Waals surface area contributed by atoms with Crippen LogP contribution < -0.4 is 10.6 Å². The van der Waals surface area contributed by atoms with Gasteiger partial charge < -0.3 is 20.4 Å². The van der Waals surface area contributed by atoms with E-state index < -0.39 is 18.1 Å². The number of benzene rings is 2. The Labute approximate surface area is 180 Å². The highest BCUT2D eigenvalue weighted by Gasteiger charge is 2.33. The third-order valence-corrected chi connectivity index (χ3v) is 5.26. The fourth-order valence-electron chi connectivity index (χ4n) is 3.56. The fourth-order valence-corrected chi connectivity index (χ4v) is 3.56. The summed E-state index contributed by atoms with van der Waals surface area (Å²) in [7, 11) is 0. The first-order valence-electron chi connectivity index (χ1n) is 10.4. The van der Waals surface area contributed by atoms with Crippen LogP contribution in [-0.4, -0.2) is 34.9 Å². The van der Waals surface area contributed by atoms with Crippen LogP contribution in [0.1, 0.15) is 37.0 Å². The molecular formula is C24H25N3O4. The van der Waals surface area contributed by atoms with Crippen molar-refractivity contribution in [2.45, 2.75) is 44.4 Å². The highest BCUT2D eigenvalue weighted by atomic mass is 16.5. The number of aromatic nitrogens is 1. The van der Waals surface area contributed by atoms with Gasteiger partial charge in [-0.15, -0.1) is 0 Å². The monoisotopic (exact) mass is 419 g/mol. The molecule has 7 heteroatoms. The Kier molecular flexibility index (Phi) is 6.02. The Morgan fingerprint density at radius 1 is 1.06 bits per heavy atom. The summed E-state index contributed by atoms with van der Waals surface area (Å²) in [5.41, 5.74) is 2.41. The number of rotatable bonds is 8. The lowest BCUT2D eigenvalue weighted by molar-refractivity contribution is -0.159. The molecule has 3 N–H and O–H groups in total. The first-order chi connectivity index (χ1) is 15.0. The van der Waals surface area contributed by atoms with Crippen LogP contribution in [0.25, 0.3) is 10.9 Å². The zero-order valence-electron chi connectivity index (χ0n) is 17.3. The van der Waals surface area contributed by atoms with Crippen LogP contribution in [0.3, 0.4) is 0 Å². The van der Waals surface area contributed by atoms with Gasteiger partial charge in [0, 0.05) is 42.0 Å². The van der Waals surface area contributed by atoms with Gasteiger partial charge in [-0.3, -0.25) is 9.59 Å². The van der Waals surface area contributed by atoms with Crippen LogP contribution in [0.15, 0.2) is 60.8 Å². The quantitative estimate of drug-likeness (QED) is 0.489. The number of hydrogen-bond donors (Lipinski definition) is 3. The number of esters is 1. The van der Waals surface area contributed by atoms with Crippen LogP contribution in [0, 0.1) is 0 Å². The van der Waals surface area contributed by atoms with Crippen molar-refractivity contribution in [1.29, 1.82) is 0 Å². The summed E-state index contributed by atoms with van der Waals surface area (Å²) in [5, 5.41) is 6.54. The minimum atomic E-state index is -1.08. The maximum absolute atomic E-state index is 13.1. The van der Waals surface area contributed by atoms with Crippen LogP contribution in [-0.2, 0) is 25.5 Å². The van der Waals surface area contributed by atoms with Gasteiger partial charge in [0.05, 0.1) is 0 Å². The summed E-state index contributed by atoms with van der Waals surface area (Å²) in [6.45, 7) is 1.35. The molecule has 2 amide bonds. The number of aromatic amines is 1. The molecule has 7 nitrogen and oxygen atoms in total. The van der Waals surface area contributed by atoms with Crippen molar-refractivity contribution in [2.75, 3.05) is 0 Å². The molecule has 4 rings (SSSR count). The number of amides is 2. The van der Waals surface area contributed by atoms with Crippen LogP contribution in [0.2, 0.25) is 0 Å². The Balaban J connectivity index is 1.55.